The van der Waals surface area contributed by atoms with E-state index in [1.807, 2.05) is 25.2 Å². The number of ether oxygens (including phenoxy) is 1. The molecule has 1 aromatic carbocycles. The average Bonchev–Trinajstić information content (AvgIpc) is 2.88. The predicted molar refractivity (Wildman–Crippen MR) is 82.1 cm³/mol. The minimum Gasteiger partial charge on any atom is -0.371 e. The fourth-order valence-electron chi connectivity index (χ4n) is 2.41. The molecule has 0 aromatic heterocycles. The van der Waals surface area contributed by atoms with Crippen molar-refractivity contribution in [3.8, 4) is 0 Å². The van der Waals surface area contributed by atoms with E-state index in [9.17, 15) is 4.79 Å². The molecule has 1 heterocycles. The van der Waals surface area contributed by atoms with Crippen LogP contribution in [0.4, 0.5) is 0 Å². The van der Waals surface area contributed by atoms with Gasteiger partial charge in [-0.25, -0.2) is 0 Å². The average molecular weight is 299 g/mol. The van der Waals surface area contributed by atoms with Gasteiger partial charge in [-0.3, -0.25) is 4.79 Å². The first-order valence-electron chi connectivity index (χ1n) is 6.92. The molecule has 0 spiro atoms. The molecule has 20 heavy (non-hydrogen) atoms. The van der Waals surface area contributed by atoms with E-state index in [4.69, 9.17) is 4.74 Å². The van der Waals surface area contributed by atoms with Crippen LogP contribution in [0.25, 0.3) is 0 Å². The highest BCUT2D eigenvalue weighted by molar-refractivity contribution is 5.85. The van der Waals surface area contributed by atoms with Crippen LogP contribution in [0.3, 0.4) is 0 Å². The van der Waals surface area contributed by atoms with E-state index in [-0.39, 0.29) is 30.5 Å². The van der Waals surface area contributed by atoms with Gasteiger partial charge in [-0.05, 0) is 32.0 Å². The number of benzene rings is 1. The Labute approximate surface area is 126 Å². The van der Waals surface area contributed by atoms with Crippen molar-refractivity contribution in [1.82, 2.24) is 10.6 Å². The Kier molecular flexibility index (Phi) is 7.59. The predicted octanol–water partition coefficient (Wildman–Crippen LogP) is 2.05. The minimum atomic E-state index is -0.00514. The molecule has 1 saturated heterocycles. The van der Waals surface area contributed by atoms with Gasteiger partial charge in [0.05, 0.1) is 6.04 Å². The molecule has 0 saturated carbocycles. The summed E-state index contributed by atoms with van der Waals surface area (Å²) in [6.07, 6.45) is 2.32. The second-order valence-electron chi connectivity index (χ2n) is 4.87. The Morgan fingerprint density at radius 2 is 2.10 bits per heavy atom. The number of hydrogen-bond acceptors (Lipinski definition) is 3. The molecule has 2 rings (SSSR count). The second kappa shape index (κ2) is 8.95. The first-order valence-corrected chi connectivity index (χ1v) is 6.92. The van der Waals surface area contributed by atoms with Gasteiger partial charge in [0.25, 0.3) is 0 Å². The molecule has 1 amide bonds. The third-order valence-corrected chi connectivity index (χ3v) is 3.40. The van der Waals surface area contributed by atoms with Crippen molar-refractivity contribution in [2.75, 3.05) is 20.2 Å². The Bertz CT molecular complexity index is 400. The highest BCUT2D eigenvalue weighted by atomic mass is 35.5. The summed E-state index contributed by atoms with van der Waals surface area (Å²) in [6.45, 7) is 1.58. The van der Waals surface area contributed by atoms with E-state index >= 15 is 0 Å². The highest BCUT2D eigenvalue weighted by Crippen LogP contribution is 2.28. The molecule has 2 atom stereocenters. The molecule has 0 radical (unpaired) electrons. The largest absolute Gasteiger partial charge is 0.371 e. The number of amides is 1. The van der Waals surface area contributed by atoms with Crippen LogP contribution in [-0.2, 0) is 9.53 Å². The first kappa shape index (κ1) is 17.0. The van der Waals surface area contributed by atoms with Crippen LogP contribution >= 0.6 is 12.4 Å². The standard InChI is InChI=1S/C15H22N2O2.ClH/c1-16-10-5-8-14(18)17-13-9-11-19-15(13)12-6-3-2-4-7-12;/h2-4,6-7,13,15-16H,5,8-11H2,1H3,(H,17,18);1H. The smallest absolute Gasteiger partial charge is 0.220 e. The summed E-state index contributed by atoms with van der Waals surface area (Å²) >= 11 is 0. The molecule has 1 fully saturated rings. The SMILES string of the molecule is CNCCCC(=O)NC1CCOC1c1ccccc1.Cl. The van der Waals surface area contributed by atoms with Crippen molar-refractivity contribution < 1.29 is 9.53 Å². The van der Waals surface area contributed by atoms with Gasteiger partial charge in [-0.2, -0.15) is 0 Å². The van der Waals surface area contributed by atoms with Crippen LogP contribution in [-0.4, -0.2) is 32.1 Å². The molecule has 112 valence electrons. The van der Waals surface area contributed by atoms with Gasteiger partial charge in [0.2, 0.25) is 5.91 Å². The highest BCUT2D eigenvalue weighted by Gasteiger charge is 2.30. The van der Waals surface area contributed by atoms with Gasteiger partial charge in [-0.15, -0.1) is 12.4 Å². The summed E-state index contributed by atoms with van der Waals surface area (Å²) in [7, 11) is 1.90. The van der Waals surface area contributed by atoms with Crippen molar-refractivity contribution in [3.05, 3.63) is 35.9 Å². The number of hydrogen-bond donors (Lipinski definition) is 2. The Hall–Kier alpha value is -1.10. The molecule has 1 aliphatic heterocycles. The Balaban J connectivity index is 0.00000200. The van der Waals surface area contributed by atoms with Crippen LogP contribution in [0.2, 0.25) is 0 Å². The van der Waals surface area contributed by atoms with E-state index in [1.54, 1.807) is 0 Å². The molecule has 5 heteroatoms. The maximum Gasteiger partial charge on any atom is 0.220 e. The fourth-order valence-corrected chi connectivity index (χ4v) is 2.41. The number of carbonyl (C=O) groups is 1. The number of nitrogens with one attached hydrogen (secondary N) is 2. The molecular formula is C15H23ClN2O2. The molecule has 0 bridgehead atoms. The molecule has 1 aliphatic rings. The van der Waals surface area contributed by atoms with E-state index in [2.05, 4.69) is 22.8 Å². The Morgan fingerprint density at radius 3 is 2.80 bits per heavy atom. The van der Waals surface area contributed by atoms with Crippen LogP contribution in [0.5, 0.6) is 0 Å². The third-order valence-electron chi connectivity index (χ3n) is 3.40. The topological polar surface area (TPSA) is 50.4 Å². The first-order chi connectivity index (χ1) is 9.31. The number of rotatable bonds is 6. The third kappa shape index (κ3) is 4.78. The van der Waals surface area contributed by atoms with Crippen LogP contribution < -0.4 is 10.6 Å². The van der Waals surface area contributed by atoms with Crippen LogP contribution in [0.15, 0.2) is 30.3 Å². The summed E-state index contributed by atoms with van der Waals surface area (Å²) in [5.74, 6) is 0.117. The van der Waals surface area contributed by atoms with Crippen molar-refractivity contribution in [3.63, 3.8) is 0 Å². The Morgan fingerprint density at radius 1 is 1.35 bits per heavy atom. The summed E-state index contributed by atoms with van der Waals surface area (Å²) in [4.78, 5) is 11.9. The van der Waals surface area contributed by atoms with E-state index in [0.29, 0.717) is 13.0 Å². The summed E-state index contributed by atoms with van der Waals surface area (Å²) in [5, 5.41) is 6.14. The molecule has 4 nitrogen and oxygen atoms in total. The van der Waals surface area contributed by atoms with Crippen LogP contribution in [0, 0.1) is 0 Å². The van der Waals surface area contributed by atoms with E-state index in [1.165, 1.54) is 0 Å². The van der Waals surface area contributed by atoms with Crippen LogP contribution in [0.1, 0.15) is 30.9 Å². The lowest BCUT2D eigenvalue weighted by Crippen LogP contribution is -2.36. The van der Waals surface area contributed by atoms with E-state index < -0.39 is 0 Å². The van der Waals surface area contributed by atoms with Gasteiger partial charge in [-0.1, -0.05) is 30.3 Å². The molecule has 2 unspecified atom stereocenters. The van der Waals surface area contributed by atoms with Gasteiger partial charge in [0, 0.05) is 13.0 Å². The molecule has 0 aliphatic carbocycles. The maximum absolute atomic E-state index is 11.9. The van der Waals surface area contributed by atoms with Gasteiger partial charge in [0.15, 0.2) is 0 Å². The summed E-state index contributed by atoms with van der Waals surface area (Å²) in [5.41, 5.74) is 1.14. The minimum absolute atomic E-state index is 0. The second-order valence-corrected chi connectivity index (χ2v) is 4.87. The van der Waals surface area contributed by atoms with E-state index in [0.717, 1.165) is 24.9 Å². The lowest BCUT2D eigenvalue weighted by Gasteiger charge is -2.20. The normalized spacial score (nSPS) is 21.2. The quantitative estimate of drug-likeness (QED) is 0.790. The fraction of sp³-hybridized carbons (Fsp3) is 0.533. The summed E-state index contributed by atoms with van der Waals surface area (Å²) in [6, 6.07) is 10.2. The zero-order valence-electron chi connectivity index (χ0n) is 11.8. The monoisotopic (exact) mass is 298 g/mol. The lowest BCUT2D eigenvalue weighted by atomic mass is 10.0. The van der Waals surface area contributed by atoms with Gasteiger partial charge in [0.1, 0.15) is 6.10 Å². The van der Waals surface area contributed by atoms with Crippen molar-refractivity contribution in [2.45, 2.75) is 31.4 Å². The van der Waals surface area contributed by atoms with Gasteiger partial charge < -0.3 is 15.4 Å². The van der Waals surface area contributed by atoms with Crippen molar-refractivity contribution in [2.24, 2.45) is 0 Å². The molecular weight excluding hydrogens is 276 g/mol. The molecule has 2 N–H and O–H groups in total. The van der Waals surface area contributed by atoms with Crippen molar-refractivity contribution in [1.29, 1.82) is 0 Å². The zero-order valence-corrected chi connectivity index (χ0v) is 12.6. The number of halogens is 1. The lowest BCUT2D eigenvalue weighted by molar-refractivity contribution is -0.122. The van der Waals surface area contributed by atoms with Crippen molar-refractivity contribution >= 4 is 18.3 Å². The summed E-state index contributed by atoms with van der Waals surface area (Å²) < 4.78 is 5.75. The maximum atomic E-state index is 11.9. The molecule has 1 aromatic rings. The van der Waals surface area contributed by atoms with Gasteiger partial charge >= 0.3 is 0 Å². The number of carbonyl (C=O) groups excluding carboxylic acids is 1. The zero-order chi connectivity index (χ0) is 13.5.